The number of amides is 2. The van der Waals surface area contributed by atoms with E-state index in [0.717, 1.165) is 18.7 Å². The molecule has 1 aliphatic rings. The Labute approximate surface area is 178 Å². The van der Waals surface area contributed by atoms with Gasteiger partial charge in [0.1, 0.15) is 12.1 Å². The summed E-state index contributed by atoms with van der Waals surface area (Å²) in [5.41, 5.74) is 1.55. The number of hydrogen-bond donors (Lipinski definition) is 3. The molecule has 4 rings (SSSR count). The Morgan fingerprint density at radius 2 is 2.07 bits per heavy atom. The topological polar surface area (TPSA) is 108 Å². The second-order valence-electron chi connectivity index (χ2n) is 6.99. The SMILES string of the molecule is COc1ccc([C@@H]2CN(c3ncn[nH]3)CC[C@H]2NC(=O)Nc2ccc(Cl)cc2)nc1. The van der Waals surface area contributed by atoms with E-state index in [4.69, 9.17) is 16.3 Å². The highest BCUT2D eigenvalue weighted by atomic mass is 35.5. The molecule has 9 nitrogen and oxygen atoms in total. The van der Waals surface area contributed by atoms with Crippen molar-refractivity contribution in [3.63, 3.8) is 0 Å². The maximum Gasteiger partial charge on any atom is 0.319 e. The van der Waals surface area contributed by atoms with Gasteiger partial charge < -0.3 is 20.3 Å². The lowest BCUT2D eigenvalue weighted by Crippen LogP contribution is -2.51. The highest BCUT2D eigenvalue weighted by molar-refractivity contribution is 6.30. The molecule has 3 heterocycles. The molecule has 1 aromatic carbocycles. The standard InChI is InChI=1S/C20H22ClN7O2/c1-30-15-6-7-17(22-10-15)16-11-28(19-23-12-24-27-19)9-8-18(16)26-20(29)25-14-4-2-13(21)3-5-14/h2-7,10,12,16,18H,8-9,11H2,1H3,(H,23,24,27)(H2,25,26,29)/t16-,18+/m0/s1. The predicted octanol–water partition coefficient (Wildman–Crippen LogP) is 3.05. The van der Waals surface area contributed by atoms with Crippen molar-refractivity contribution in [2.75, 3.05) is 30.4 Å². The van der Waals surface area contributed by atoms with Crippen molar-refractivity contribution < 1.29 is 9.53 Å². The number of nitrogens with zero attached hydrogens (tertiary/aromatic N) is 4. The Kier molecular flexibility index (Phi) is 5.99. The fraction of sp³-hybridized carbons (Fsp3) is 0.300. The number of methoxy groups -OCH3 is 1. The van der Waals surface area contributed by atoms with Gasteiger partial charge in [0.25, 0.3) is 0 Å². The van der Waals surface area contributed by atoms with Gasteiger partial charge in [0, 0.05) is 41.5 Å². The zero-order chi connectivity index (χ0) is 20.9. The van der Waals surface area contributed by atoms with Crippen LogP contribution in [0.15, 0.2) is 48.9 Å². The number of hydrogen-bond acceptors (Lipinski definition) is 6. The molecular formula is C20H22ClN7O2. The van der Waals surface area contributed by atoms with E-state index in [9.17, 15) is 4.79 Å². The number of rotatable bonds is 5. The highest BCUT2D eigenvalue weighted by Gasteiger charge is 2.33. The van der Waals surface area contributed by atoms with Crippen molar-refractivity contribution in [2.24, 2.45) is 0 Å². The van der Waals surface area contributed by atoms with Crippen molar-refractivity contribution in [3.8, 4) is 5.75 Å². The van der Waals surface area contributed by atoms with E-state index in [1.165, 1.54) is 6.33 Å². The van der Waals surface area contributed by atoms with E-state index in [2.05, 4.69) is 35.7 Å². The first-order chi connectivity index (χ1) is 14.6. The molecule has 1 saturated heterocycles. The minimum absolute atomic E-state index is 0.0364. The van der Waals surface area contributed by atoms with Crippen molar-refractivity contribution >= 4 is 29.3 Å². The van der Waals surface area contributed by atoms with Crippen molar-refractivity contribution in [2.45, 2.75) is 18.4 Å². The maximum atomic E-state index is 12.6. The summed E-state index contributed by atoms with van der Waals surface area (Å²) in [6.45, 7) is 1.37. The van der Waals surface area contributed by atoms with Crippen LogP contribution in [0.2, 0.25) is 5.02 Å². The normalized spacial score (nSPS) is 18.7. The zero-order valence-electron chi connectivity index (χ0n) is 16.4. The average molecular weight is 428 g/mol. The molecule has 10 heteroatoms. The van der Waals surface area contributed by atoms with Crippen LogP contribution in [0.1, 0.15) is 18.0 Å². The fourth-order valence-electron chi connectivity index (χ4n) is 3.57. The van der Waals surface area contributed by atoms with Gasteiger partial charge >= 0.3 is 6.03 Å². The van der Waals surface area contributed by atoms with E-state index < -0.39 is 0 Å². The van der Waals surface area contributed by atoms with Gasteiger partial charge in [-0.05, 0) is 42.8 Å². The van der Waals surface area contributed by atoms with Gasteiger partial charge in [-0.2, -0.15) is 10.1 Å². The van der Waals surface area contributed by atoms with Gasteiger partial charge in [-0.3, -0.25) is 4.98 Å². The minimum atomic E-state index is -0.269. The second kappa shape index (κ2) is 9.00. The van der Waals surface area contributed by atoms with Crippen LogP contribution in [0.4, 0.5) is 16.4 Å². The number of piperidine rings is 1. The minimum Gasteiger partial charge on any atom is -0.495 e. The molecular weight excluding hydrogens is 406 g/mol. The third-order valence-corrected chi connectivity index (χ3v) is 5.36. The number of aromatic nitrogens is 4. The third-order valence-electron chi connectivity index (χ3n) is 5.11. The molecule has 3 aromatic rings. The van der Waals surface area contributed by atoms with Crippen molar-refractivity contribution in [1.29, 1.82) is 0 Å². The quantitative estimate of drug-likeness (QED) is 0.577. The molecule has 1 fully saturated rings. The van der Waals surface area contributed by atoms with E-state index in [1.54, 1.807) is 37.6 Å². The van der Waals surface area contributed by atoms with Crippen LogP contribution in [0.25, 0.3) is 0 Å². The number of carbonyl (C=O) groups excluding carboxylic acids is 1. The summed E-state index contributed by atoms with van der Waals surface area (Å²) in [5, 5.41) is 13.4. The lowest BCUT2D eigenvalue weighted by molar-refractivity contribution is 0.243. The first kappa shape index (κ1) is 20.0. The van der Waals surface area contributed by atoms with Gasteiger partial charge in [-0.15, -0.1) is 0 Å². The molecule has 0 unspecified atom stereocenters. The average Bonchev–Trinajstić information content (AvgIpc) is 3.31. The lowest BCUT2D eigenvalue weighted by atomic mass is 9.89. The molecule has 0 spiro atoms. The monoisotopic (exact) mass is 427 g/mol. The number of nitrogens with one attached hydrogen (secondary N) is 3. The number of carbonyl (C=O) groups is 1. The maximum absolute atomic E-state index is 12.6. The van der Waals surface area contributed by atoms with E-state index >= 15 is 0 Å². The summed E-state index contributed by atoms with van der Waals surface area (Å²) in [4.78, 5) is 23.5. The van der Waals surface area contributed by atoms with Crippen LogP contribution in [-0.2, 0) is 0 Å². The highest BCUT2D eigenvalue weighted by Crippen LogP contribution is 2.29. The van der Waals surface area contributed by atoms with Crippen molar-refractivity contribution in [3.05, 3.63) is 59.6 Å². The molecule has 30 heavy (non-hydrogen) atoms. The summed E-state index contributed by atoms with van der Waals surface area (Å²) in [6, 6.07) is 10.4. The molecule has 1 aliphatic heterocycles. The first-order valence-corrected chi connectivity index (χ1v) is 9.93. The summed E-state index contributed by atoms with van der Waals surface area (Å²) in [7, 11) is 1.61. The van der Waals surface area contributed by atoms with E-state index in [-0.39, 0.29) is 18.0 Å². The largest absolute Gasteiger partial charge is 0.495 e. The molecule has 2 amide bonds. The molecule has 2 atom stereocenters. The summed E-state index contributed by atoms with van der Waals surface area (Å²) in [6.07, 6.45) is 3.90. The molecule has 2 aromatic heterocycles. The number of benzene rings is 1. The van der Waals surface area contributed by atoms with Crippen LogP contribution >= 0.6 is 11.6 Å². The number of halogens is 1. The zero-order valence-corrected chi connectivity index (χ0v) is 17.1. The molecule has 0 bridgehead atoms. The summed E-state index contributed by atoms with van der Waals surface area (Å²) < 4.78 is 5.22. The second-order valence-corrected chi connectivity index (χ2v) is 7.42. The Hall–Kier alpha value is -3.33. The number of pyridine rings is 1. The van der Waals surface area contributed by atoms with Gasteiger partial charge in [0.05, 0.1) is 13.3 Å². The Morgan fingerprint density at radius 3 is 2.73 bits per heavy atom. The van der Waals surface area contributed by atoms with E-state index in [1.807, 2.05) is 12.1 Å². The van der Waals surface area contributed by atoms with Crippen LogP contribution < -0.4 is 20.3 Å². The Morgan fingerprint density at radius 1 is 1.23 bits per heavy atom. The number of aromatic amines is 1. The van der Waals surface area contributed by atoms with Crippen LogP contribution in [-0.4, -0.2) is 52.4 Å². The van der Waals surface area contributed by atoms with Gasteiger partial charge in [0.15, 0.2) is 0 Å². The number of urea groups is 1. The van der Waals surface area contributed by atoms with E-state index in [0.29, 0.717) is 29.0 Å². The number of ether oxygens (including phenoxy) is 1. The first-order valence-electron chi connectivity index (χ1n) is 9.55. The number of H-pyrrole nitrogens is 1. The summed E-state index contributed by atoms with van der Waals surface area (Å²) in [5.74, 6) is 1.36. The Bertz CT molecular complexity index is 964. The Balaban J connectivity index is 1.50. The number of anilines is 2. The van der Waals surface area contributed by atoms with Crippen molar-refractivity contribution in [1.82, 2.24) is 25.5 Å². The molecule has 0 radical (unpaired) electrons. The molecule has 0 aliphatic carbocycles. The van der Waals surface area contributed by atoms with Gasteiger partial charge in [0.2, 0.25) is 5.95 Å². The molecule has 3 N–H and O–H groups in total. The van der Waals surface area contributed by atoms with Crippen LogP contribution in [0, 0.1) is 0 Å². The van der Waals surface area contributed by atoms with Crippen LogP contribution in [0.5, 0.6) is 5.75 Å². The lowest BCUT2D eigenvalue weighted by Gasteiger charge is -2.38. The molecule has 156 valence electrons. The van der Waals surface area contributed by atoms with Gasteiger partial charge in [-0.25, -0.2) is 9.89 Å². The van der Waals surface area contributed by atoms with Gasteiger partial charge in [-0.1, -0.05) is 11.6 Å². The molecule has 0 saturated carbocycles. The fourth-order valence-corrected chi connectivity index (χ4v) is 3.69. The third kappa shape index (κ3) is 4.62. The summed E-state index contributed by atoms with van der Waals surface area (Å²) >= 11 is 5.91. The van der Waals surface area contributed by atoms with Crippen LogP contribution in [0.3, 0.4) is 0 Å². The smallest absolute Gasteiger partial charge is 0.319 e. The predicted molar refractivity (Wildman–Crippen MR) is 114 cm³/mol.